The van der Waals surface area contributed by atoms with Crippen LogP contribution in [0.15, 0.2) is 42.5 Å². The zero-order valence-electron chi connectivity index (χ0n) is 18.3. The molecule has 9 heteroatoms. The van der Waals surface area contributed by atoms with Crippen LogP contribution in [0.1, 0.15) is 32.3 Å². The Morgan fingerprint density at radius 1 is 1.22 bits per heavy atom. The fourth-order valence-electron chi connectivity index (χ4n) is 4.05. The van der Waals surface area contributed by atoms with E-state index in [2.05, 4.69) is 4.72 Å². The lowest BCUT2D eigenvalue weighted by atomic mass is 9.90. The summed E-state index contributed by atoms with van der Waals surface area (Å²) in [6, 6.07) is 9.98. The van der Waals surface area contributed by atoms with E-state index in [0.717, 1.165) is 17.9 Å². The Balaban J connectivity index is 1.93. The lowest BCUT2D eigenvalue weighted by Gasteiger charge is -2.41. The molecule has 1 aliphatic heterocycles. The molecule has 1 N–H and O–H groups in total. The molecule has 3 rings (SSSR count). The van der Waals surface area contributed by atoms with Crippen molar-refractivity contribution in [3.05, 3.63) is 59.7 Å². The van der Waals surface area contributed by atoms with Crippen molar-refractivity contribution in [2.45, 2.75) is 51.3 Å². The number of benzene rings is 2. The Labute approximate surface area is 187 Å². The zero-order valence-corrected chi connectivity index (χ0v) is 19.2. The Bertz CT molecular complexity index is 1080. The van der Waals surface area contributed by atoms with Gasteiger partial charge in [-0.15, -0.1) is 0 Å². The summed E-state index contributed by atoms with van der Waals surface area (Å²) in [5.41, 5.74) is 1.40. The number of hydrogen-bond acceptors (Lipinski definition) is 4. The van der Waals surface area contributed by atoms with Crippen molar-refractivity contribution in [2.75, 3.05) is 12.8 Å². The van der Waals surface area contributed by atoms with Crippen molar-refractivity contribution in [1.82, 2.24) is 9.62 Å². The third-order valence-corrected chi connectivity index (χ3v) is 6.08. The summed E-state index contributed by atoms with van der Waals surface area (Å²) in [7, 11) is -3.50. The van der Waals surface area contributed by atoms with E-state index in [9.17, 15) is 22.0 Å². The Kier molecular flexibility index (Phi) is 7.51. The predicted octanol–water partition coefficient (Wildman–Crippen LogP) is 4.10. The predicted molar refractivity (Wildman–Crippen MR) is 119 cm³/mol. The molecule has 0 bridgehead atoms. The minimum absolute atomic E-state index is 0.136. The fourth-order valence-corrected chi connectivity index (χ4v) is 4.88. The monoisotopic (exact) mass is 466 g/mol. The minimum Gasteiger partial charge on any atom is -0.447 e. The Hall–Kier alpha value is -2.52. The summed E-state index contributed by atoms with van der Waals surface area (Å²) in [6.07, 6.45) is 1.80. The Morgan fingerprint density at radius 3 is 2.62 bits per heavy atom. The first-order valence-electron chi connectivity index (χ1n) is 10.5. The van der Waals surface area contributed by atoms with Gasteiger partial charge in [-0.2, -0.15) is 0 Å². The second-order valence-corrected chi connectivity index (χ2v) is 10.1. The molecule has 2 aromatic carbocycles. The Morgan fingerprint density at radius 2 is 1.94 bits per heavy atom. The minimum atomic E-state index is -3.50. The van der Waals surface area contributed by atoms with Gasteiger partial charge < -0.3 is 9.64 Å². The molecule has 2 atom stereocenters. The van der Waals surface area contributed by atoms with E-state index in [-0.39, 0.29) is 11.7 Å². The number of halogens is 2. The van der Waals surface area contributed by atoms with E-state index >= 15 is 0 Å². The van der Waals surface area contributed by atoms with Gasteiger partial charge in [-0.25, -0.2) is 26.7 Å². The molecule has 32 heavy (non-hydrogen) atoms. The van der Waals surface area contributed by atoms with Crippen molar-refractivity contribution in [1.29, 1.82) is 0 Å². The highest BCUT2D eigenvalue weighted by atomic mass is 32.2. The summed E-state index contributed by atoms with van der Waals surface area (Å²) < 4.78 is 59.9. The second-order valence-electron chi connectivity index (χ2n) is 8.34. The molecule has 1 fully saturated rings. The van der Waals surface area contributed by atoms with Gasteiger partial charge in [-0.1, -0.05) is 36.4 Å². The third kappa shape index (κ3) is 6.04. The number of carbonyl (C=O) groups is 1. The molecular weight excluding hydrogens is 438 g/mol. The number of carbonyl (C=O) groups excluding carboxylic acids is 1. The number of ether oxygens (including phenoxy) is 1. The van der Waals surface area contributed by atoms with Crippen LogP contribution in [-0.2, 0) is 21.2 Å². The second kappa shape index (κ2) is 9.95. The summed E-state index contributed by atoms with van der Waals surface area (Å²) in [5, 5.41) is 0. The normalized spacial score (nSPS) is 19.2. The van der Waals surface area contributed by atoms with Crippen molar-refractivity contribution in [3.8, 4) is 11.1 Å². The maximum absolute atomic E-state index is 14.3. The first-order valence-corrected chi connectivity index (χ1v) is 12.4. The molecule has 174 valence electrons. The summed E-state index contributed by atoms with van der Waals surface area (Å²) in [4.78, 5) is 14.3. The van der Waals surface area contributed by atoms with Crippen LogP contribution >= 0.6 is 0 Å². The average molecular weight is 467 g/mol. The number of likely N-dealkylation sites (tertiary alicyclic amines) is 1. The number of nitrogens with one attached hydrogen (secondary N) is 1. The third-order valence-electron chi connectivity index (χ3n) is 5.35. The number of rotatable bonds is 6. The first-order chi connectivity index (χ1) is 15.0. The maximum atomic E-state index is 14.3. The fraction of sp³-hybridized carbons (Fsp3) is 0.435. The lowest BCUT2D eigenvalue weighted by Crippen LogP contribution is -2.58. The molecular formula is C23H28F2N2O4S. The van der Waals surface area contributed by atoms with Crippen molar-refractivity contribution >= 4 is 16.1 Å². The smallest absolute Gasteiger partial charge is 0.410 e. The standard InChI is InChI=1S/C23H28F2N2O4S/c1-15(2)31-23(28)27-12-6-11-20(26-32(3,29)30)21(27)14-16-7-4-8-17(13-16)18-9-5-10-19(24)22(18)25/h4-5,7-10,13,15,20-21,26H,6,11-12,14H2,1-3H3/t20-,21-/m1/s1. The first kappa shape index (κ1) is 24.1. The zero-order chi connectivity index (χ0) is 23.5. The van der Waals surface area contributed by atoms with Crippen LogP contribution in [0.5, 0.6) is 0 Å². The van der Waals surface area contributed by atoms with E-state index in [1.54, 1.807) is 36.9 Å². The molecule has 1 amide bonds. The molecule has 0 aromatic heterocycles. The van der Waals surface area contributed by atoms with Crippen LogP contribution in [0.4, 0.5) is 13.6 Å². The number of hydrogen-bond donors (Lipinski definition) is 1. The van der Waals surface area contributed by atoms with Crippen molar-refractivity contribution in [3.63, 3.8) is 0 Å². The van der Waals surface area contributed by atoms with Crippen molar-refractivity contribution < 1.29 is 26.7 Å². The summed E-state index contributed by atoms with van der Waals surface area (Å²) >= 11 is 0. The summed E-state index contributed by atoms with van der Waals surface area (Å²) in [6.45, 7) is 3.94. The van der Waals surface area contributed by atoms with Crippen LogP contribution in [0.2, 0.25) is 0 Å². The number of piperidine rings is 1. The van der Waals surface area contributed by atoms with E-state index in [1.807, 2.05) is 6.07 Å². The van der Waals surface area contributed by atoms with E-state index in [4.69, 9.17) is 4.74 Å². The lowest BCUT2D eigenvalue weighted by molar-refractivity contribution is 0.0461. The van der Waals surface area contributed by atoms with Crippen molar-refractivity contribution in [2.24, 2.45) is 0 Å². The van der Waals surface area contributed by atoms with E-state index < -0.39 is 39.8 Å². The maximum Gasteiger partial charge on any atom is 0.410 e. The number of amides is 1. The van der Waals surface area contributed by atoms with Crippen LogP contribution in [0.3, 0.4) is 0 Å². The van der Waals surface area contributed by atoms with Gasteiger partial charge in [-0.3, -0.25) is 0 Å². The molecule has 1 aliphatic rings. The van der Waals surface area contributed by atoms with Crippen LogP contribution in [-0.4, -0.2) is 50.4 Å². The highest BCUT2D eigenvalue weighted by Gasteiger charge is 2.37. The van der Waals surface area contributed by atoms with Gasteiger partial charge in [0, 0.05) is 18.2 Å². The molecule has 0 saturated carbocycles. The van der Waals surface area contributed by atoms with Gasteiger partial charge >= 0.3 is 6.09 Å². The van der Waals surface area contributed by atoms with Crippen LogP contribution < -0.4 is 4.72 Å². The molecule has 1 heterocycles. The van der Waals surface area contributed by atoms with Gasteiger partial charge in [0.1, 0.15) is 0 Å². The molecule has 2 aromatic rings. The largest absolute Gasteiger partial charge is 0.447 e. The molecule has 0 spiro atoms. The number of sulfonamides is 1. The van der Waals surface area contributed by atoms with Crippen LogP contribution in [0, 0.1) is 11.6 Å². The van der Waals surface area contributed by atoms with E-state index in [0.29, 0.717) is 31.4 Å². The van der Waals surface area contributed by atoms with Gasteiger partial charge in [0.2, 0.25) is 10.0 Å². The quantitative estimate of drug-likeness (QED) is 0.696. The number of nitrogens with zero attached hydrogens (tertiary/aromatic N) is 1. The van der Waals surface area contributed by atoms with Crippen LogP contribution in [0.25, 0.3) is 11.1 Å². The van der Waals surface area contributed by atoms with Gasteiger partial charge in [0.15, 0.2) is 11.6 Å². The highest BCUT2D eigenvalue weighted by Crippen LogP contribution is 2.28. The topological polar surface area (TPSA) is 75.7 Å². The van der Waals surface area contributed by atoms with Gasteiger partial charge in [0.05, 0.1) is 18.4 Å². The molecule has 0 unspecified atom stereocenters. The SMILES string of the molecule is CC(C)OC(=O)N1CCC[C@@H](NS(C)(=O)=O)[C@H]1Cc1cccc(-c2cccc(F)c2F)c1. The molecule has 6 nitrogen and oxygen atoms in total. The summed E-state index contributed by atoms with van der Waals surface area (Å²) in [5.74, 6) is -1.86. The average Bonchev–Trinajstić information content (AvgIpc) is 2.70. The molecule has 0 radical (unpaired) electrons. The van der Waals surface area contributed by atoms with Gasteiger partial charge in [0.25, 0.3) is 0 Å². The molecule has 0 aliphatic carbocycles. The van der Waals surface area contributed by atoms with Gasteiger partial charge in [-0.05, 0) is 50.3 Å². The highest BCUT2D eigenvalue weighted by molar-refractivity contribution is 7.88. The van der Waals surface area contributed by atoms with E-state index in [1.165, 1.54) is 12.1 Å². The molecule has 1 saturated heterocycles.